The average Bonchev–Trinajstić information content (AvgIpc) is 0.810. The zero-order chi connectivity index (χ0) is 90.4. The maximum absolute atomic E-state index is 14.2. The van der Waals surface area contributed by atoms with E-state index in [1.165, 1.54) is 12.1 Å². The number of carboxylic acids is 1. The van der Waals surface area contributed by atoms with E-state index in [0.717, 1.165) is 57.0 Å². The number of ketones is 1. The topological polar surface area (TPSA) is 540 Å². The molecule has 0 bridgehead atoms. The number of nitrogens with two attached hydrogens (primary N) is 3. The molecule has 1 aromatic heterocycles. The maximum Gasteiger partial charge on any atom is 0.287 e. The van der Waals surface area contributed by atoms with Gasteiger partial charge in [-0.15, -0.1) is 0 Å². The van der Waals surface area contributed by atoms with Gasteiger partial charge in [-0.3, -0.25) is 72.4 Å². The maximum atomic E-state index is 14.2. The molecule has 0 saturated heterocycles. The number of benzene rings is 7. The van der Waals surface area contributed by atoms with Gasteiger partial charge >= 0.3 is 0 Å². The van der Waals surface area contributed by atoms with Gasteiger partial charge in [0.05, 0.1) is 42.7 Å². The van der Waals surface area contributed by atoms with Gasteiger partial charge in [-0.25, -0.2) is 4.98 Å². The zero-order valence-corrected chi connectivity index (χ0v) is 70.5. The van der Waals surface area contributed by atoms with Gasteiger partial charge in [-0.2, -0.15) is 0 Å². The summed E-state index contributed by atoms with van der Waals surface area (Å²) in [5, 5.41) is 54.5. The first-order chi connectivity index (χ1) is 60.1. The number of rotatable bonds is 50. The number of carboxylic acid groups (broad SMARTS) is 1. The van der Waals surface area contributed by atoms with E-state index < -0.39 is 174 Å². The third kappa shape index (κ3) is 36.6. The molecule has 10 atom stereocenters. The molecule has 1 heterocycles. The molecule has 0 fully saturated rings. The van der Waals surface area contributed by atoms with E-state index in [0.29, 0.717) is 47.5 Å². The molecule has 0 aliphatic heterocycles. The van der Waals surface area contributed by atoms with Gasteiger partial charge in [0.25, 0.3) is 5.69 Å². The Hall–Kier alpha value is -13.6. The second-order valence-corrected chi connectivity index (χ2v) is 31.3. The van der Waals surface area contributed by atoms with Gasteiger partial charge in [0.15, 0.2) is 5.78 Å². The molecular weight excluding hydrogens is 1640 g/mol. The second-order valence-electron chi connectivity index (χ2n) is 28.9. The van der Waals surface area contributed by atoms with Crippen LogP contribution in [0.15, 0.2) is 236 Å². The van der Waals surface area contributed by atoms with Crippen LogP contribution < -0.4 is 86.1 Å². The largest absolute Gasteiger partial charge is 0.550 e. The van der Waals surface area contributed by atoms with Crippen molar-refractivity contribution < 1.29 is 77.2 Å². The van der Waals surface area contributed by atoms with Crippen LogP contribution in [-0.4, -0.2) is 192 Å². The highest BCUT2D eigenvalue weighted by Crippen LogP contribution is 2.31. The van der Waals surface area contributed by atoms with Crippen LogP contribution in [0.1, 0.15) is 71.6 Å². The lowest BCUT2D eigenvalue weighted by Crippen LogP contribution is -2.58. The molecule has 0 aliphatic rings. The standard InChI is InChI=1S/C51H63N9O10.C38H42N8O7S2/c1-33(61)40(30-46(64)65)59-51(70)43(29-37-22-12-5-13-23-37)57-45(63)32-55-48(67)41(27-35-18-8-3-9-19-35)60-49(68)39(24-14-15-25-52)58-50(69)42(28-36-20-10-4-11-21-36)56-44(62)31-54-47(66)38(53)26-34-16-6-2-7-17-34;1-40-30(20-26-13-7-3-8-14-26)36(49)42-23-33(47)43-31(21-27-15-9-4-10-16-27)37(50)45-32(24-54-55-34-18-17-28(22-41-34)46(52)53)38(51)44-29(35(39)48)19-25-11-5-2-6-12-25/h2-13,16-23,38-43H,14-15,24-32,52-53H2,1H3,(H,54,66)(H,55,67)(H,56,62)(H,57,63)(H,58,69)(H,59,70)(H,60,68)(H,64,65);2-18,22,29-32,40H,19-21,23-24H2,1H3,(H2,39,48)(H,42,49)(H,43,47)(H,44,51)(H,45,50)/p-1/t38?,39-,40-,41?,42?,43?;29?,30?,31?,32-/m00/s1. The Morgan fingerprint density at radius 1 is 0.392 bits per heavy atom. The molecule has 18 N–H and O–H groups in total. The van der Waals surface area contributed by atoms with Crippen LogP contribution in [0, 0.1) is 10.1 Å². The van der Waals surface area contributed by atoms with Gasteiger partial charge in [0, 0.05) is 56.3 Å². The van der Waals surface area contributed by atoms with Crippen LogP contribution in [0.3, 0.4) is 0 Å². The number of carbonyl (C=O) groups excluding carboxylic acids is 14. The van der Waals surface area contributed by atoms with Crippen molar-refractivity contribution in [3.05, 3.63) is 280 Å². The van der Waals surface area contributed by atoms with Crippen molar-refractivity contribution in [2.24, 2.45) is 17.2 Å². The molecule has 660 valence electrons. The number of amides is 12. The number of pyridine rings is 1. The Balaban J connectivity index is 0.000000353. The van der Waals surface area contributed by atoms with E-state index in [9.17, 15) is 82.3 Å². The number of primary amides is 1. The highest BCUT2D eigenvalue weighted by Gasteiger charge is 2.34. The van der Waals surface area contributed by atoms with Crippen molar-refractivity contribution in [3.63, 3.8) is 0 Å². The number of unbranched alkanes of at least 4 members (excludes halogenated alkanes) is 1. The third-order valence-electron chi connectivity index (χ3n) is 19.2. The minimum atomic E-state index is -1.57. The molecule has 36 heteroatoms. The molecule has 0 aliphatic carbocycles. The first kappa shape index (κ1) is 98.6. The number of nitrogens with one attached hydrogen (secondary N) is 12. The summed E-state index contributed by atoms with van der Waals surface area (Å²) in [6, 6.07) is 53.8. The van der Waals surface area contributed by atoms with E-state index >= 15 is 0 Å². The molecule has 0 saturated carbocycles. The molecule has 34 nitrogen and oxygen atoms in total. The van der Waals surface area contributed by atoms with Gasteiger partial charge in [0.1, 0.15) is 53.5 Å². The highest BCUT2D eigenvalue weighted by molar-refractivity contribution is 8.76. The summed E-state index contributed by atoms with van der Waals surface area (Å²) >= 11 is 0. The summed E-state index contributed by atoms with van der Waals surface area (Å²) in [6.45, 7) is -0.162. The normalized spacial score (nSPS) is 13.2. The van der Waals surface area contributed by atoms with Gasteiger partial charge in [-0.1, -0.05) is 223 Å². The molecule has 7 aromatic carbocycles. The minimum Gasteiger partial charge on any atom is -0.550 e. The Morgan fingerprint density at radius 3 is 1.06 bits per heavy atom. The van der Waals surface area contributed by atoms with Crippen LogP contribution in [0.4, 0.5) is 5.69 Å². The zero-order valence-electron chi connectivity index (χ0n) is 68.9. The van der Waals surface area contributed by atoms with E-state index in [-0.39, 0.29) is 56.4 Å². The van der Waals surface area contributed by atoms with E-state index in [1.807, 2.05) is 66.7 Å². The number of Topliss-reactive ketones (excluding diaryl/α,β-unsaturated/α-hetero) is 1. The van der Waals surface area contributed by atoms with Gasteiger partial charge in [-0.05, 0) is 108 Å². The highest BCUT2D eigenvalue weighted by atomic mass is 33.1. The van der Waals surface area contributed by atoms with Crippen LogP contribution in [-0.2, 0) is 112 Å². The third-order valence-corrected chi connectivity index (χ3v) is 21.5. The Labute approximate surface area is 730 Å². The molecule has 8 rings (SSSR count). The monoisotopic (exact) mass is 1750 g/mol. The van der Waals surface area contributed by atoms with Gasteiger partial charge in [0.2, 0.25) is 70.9 Å². The average molecular weight is 1750 g/mol. The predicted molar refractivity (Wildman–Crippen MR) is 468 cm³/mol. The number of aromatic nitrogens is 1. The van der Waals surface area contributed by atoms with Crippen molar-refractivity contribution in [1.82, 2.24) is 68.8 Å². The second kappa shape index (κ2) is 53.4. The summed E-state index contributed by atoms with van der Waals surface area (Å²) < 4.78 is 0. The number of hydrogen-bond donors (Lipinski definition) is 15. The number of nitrogens with zero attached hydrogens (tertiary/aromatic N) is 2. The Bertz CT molecular complexity index is 4860. The fourth-order valence-corrected chi connectivity index (χ4v) is 14.6. The summed E-state index contributed by atoms with van der Waals surface area (Å²) in [7, 11) is 3.90. The summed E-state index contributed by atoms with van der Waals surface area (Å²) in [5.74, 6) is -10.6. The molecule has 7 unspecified atom stereocenters. The van der Waals surface area contributed by atoms with E-state index in [1.54, 1.807) is 153 Å². The van der Waals surface area contributed by atoms with Crippen LogP contribution in [0.2, 0.25) is 0 Å². The van der Waals surface area contributed by atoms with Crippen LogP contribution >= 0.6 is 21.6 Å². The Kier molecular flexibility index (Phi) is 42.1. The Morgan fingerprint density at radius 2 is 0.712 bits per heavy atom. The smallest absolute Gasteiger partial charge is 0.287 e. The lowest BCUT2D eigenvalue weighted by Gasteiger charge is -2.26. The molecule has 12 amide bonds. The van der Waals surface area contributed by atoms with Crippen molar-refractivity contribution in [2.75, 3.05) is 39.0 Å². The first-order valence-electron chi connectivity index (χ1n) is 40.2. The minimum absolute atomic E-state index is 0.0170. The SMILES string of the molecule is CC(=O)[C@H](CC(=O)[O-])NC(=O)C(Cc1ccccc1)NC(=O)CNC(=O)C(Cc1ccccc1)NC(=O)[C@H](CCCCN)NC(=O)C(Cc1ccccc1)NC(=O)CNC(=O)C(N)Cc1ccccc1.CNC(Cc1ccccc1)C(=O)NCC(=O)NC(Cc1ccccc1)C(=O)N[C@@H](CSSc1ccc([N+](=O)[O-])cn1)C(=O)NC(Cc1ccccc1)C(N)=O. The van der Waals surface area contributed by atoms with Crippen molar-refractivity contribution in [1.29, 1.82) is 0 Å². The van der Waals surface area contributed by atoms with Crippen molar-refractivity contribution in [2.45, 2.75) is 143 Å². The summed E-state index contributed by atoms with van der Waals surface area (Å²) in [5.41, 5.74) is 22.5. The molecule has 0 radical (unpaired) electrons. The van der Waals surface area contributed by atoms with Crippen molar-refractivity contribution in [3.8, 4) is 0 Å². The number of hydrogen-bond acceptors (Lipinski definition) is 23. The summed E-state index contributed by atoms with van der Waals surface area (Å²) in [4.78, 5) is 199. The molecule has 125 heavy (non-hydrogen) atoms. The molecule has 8 aromatic rings. The molecule has 0 spiro atoms. The lowest BCUT2D eigenvalue weighted by molar-refractivity contribution is -0.385. The number of aliphatic carboxylic acids is 1. The lowest BCUT2D eigenvalue weighted by atomic mass is 10.0. The first-order valence-corrected chi connectivity index (χ1v) is 42.5. The van der Waals surface area contributed by atoms with Gasteiger partial charge < -0.3 is 90.9 Å². The summed E-state index contributed by atoms with van der Waals surface area (Å²) in [6.07, 6.45) is 2.03. The van der Waals surface area contributed by atoms with Crippen LogP contribution in [0.5, 0.6) is 0 Å². The van der Waals surface area contributed by atoms with E-state index in [4.69, 9.17) is 17.2 Å². The molecular formula is C89H104N17O17S2-. The van der Waals surface area contributed by atoms with Crippen LogP contribution in [0.25, 0.3) is 0 Å². The quantitative estimate of drug-likeness (QED) is 0.0109. The number of likely N-dealkylation sites (N-methyl/N-ethyl adjacent to an activating group) is 1. The number of nitro groups is 1. The van der Waals surface area contributed by atoms with Crippen molar-refractivity contribution >= 4 is 110 Å². The predicted octanol–water partition coefficient (Wildman–Crippen LogP) is 0.901. The number of carbonyl (C=O) groups is 14. The fourth-order valence-electron chi connectivity index (χ4n) is 12.5. The fraction of sp³-hybridized carbons (Fsp3) is 0.315. The van der Waals surface area contributed by atoms with E-state index in [2.05, 4.69) is 68.8 Å².